The molecule has 0 bridgehead atoms. The Labute approximate surface area is 141 Å². The molecule has 1 aromatic carbocycles. The van der Waals surface area contributed by atoms with Gasteiger partial charge in [0, 0.05) is 26.2 Å². The lowest BCUT2D eigenvalue weighted by molar-refractivity contribution is 0.201. The molecule has 2 fully saturated rings. The fraction of sp³-hybridized carbons (Fsp3) is 0.471. The quantitative estimate of drug-likeness (QED) is 0.913. The van der Waals surface area contributed by atoms with Crippen molar-refractivity contribution in [3.05, 3.63) is 42.5 Å². The zero-order chi connectivity index (χ0) is 16.5. The number of benzene rings is 1. The minimum Gasteiger partial charge on any atom is -0.331 e. The minimum absolute atomic E-state index is 0.00494. The van der Waals surface area contributed by atoms with Crippen LogP contribution in [-0.2, 0) is 6.54 Å². The summed E-state index contributed by atoms with van der Waals surface area (Å²) in [4.78, 5) is 21.0. The molecule has 2 amide bonds. The van der Waals surface area contributed by atoms with Crippen molar-refractivity contribution in [1.29, 1.82) is 0 Å². The minimum atomic E-state index is -0.00494. The van der Waals surface area contributed by atoms with Crippen LogP contribution in [0.4, 0.5) is 4.79 Å². The molecule has 4 rings (SSSR count). The van der Waals surface area contributed by atoms with Crippen LogP contribution in [0.15, 0.2) is 36.7 Å². The third kappa shape index (κ3) is 2.87. The summed E-state index contributed by atoms with van der Waals surface area (Å²) in [6.45, 7) is 4.27. The van der Waals surface area contributed by atoms with E-state index < -0.39 is 0 Å². The van der Waals surface area contributed by atoms with E-state index in [0.717, 1.165) is 37.7 Å². The van der Waals surface area contributed by atoms with Crippen LogP contribution in [0.25, 0.3) is 5.69 Å². The summed E-state index contributed by atoms with van der Waals surface area (Å²) in [6, 6.07) is 9.81. The molecule has 3 heterocycles. The molecular formula is C17H22N6O. The maximum absolute atomic E-state index is 12.4. The first-order valence-electron chi connectivity index (χ1n) is 8.36. The van der Waals surface area contributed by atoms with Crippen molar-refractivity contribution < 1.29 is 4.79 Å². The van der Waals surface area contributed by atoms with E-state index in [0.29, 0.717) is 18.4 Å². The number of likely N-dealkylation sites (tertiary alicyclic amines) is 2. The molecule has 1 N–H and O–H groups in total. The van der Waals surface area contributed by atoms with Gasteiger partial charge >= 0.3 is 6.03 Å². The summed E-state index contributed by atoms with van der Waals surface area (Å²) in [7, 11) is 2.15. The highest BCUT2D eigenvalue weighted by atomic mass is 16.2. The van der Waals surface area contributed by atoms with E-state index in [1.807, 2.05) is 35.2 Å². The van der Waals surface area contributed by atoms with Crippen molar-refractivity contribution in [2.24, 2.45) is 11.8 Å². The highest BCUT2D eigenvalue weighted by Crippen LogP contribution is 2.29. The summed E-state index contributed by atoms with van der Waals surface area (Å²) in [5, 5.41) is 7.24. The first-order valence-corrected chi connectivity index (χ1v) is 8.36. The van der Waals surface area contributed by atoms with E-state index in [2.05, 4.69) is 27.3 Å². The van der Waals surface area contributed by atoms with Crippen LogP contribution in [0.1, 0.15) is 5.82 Å². The Kier molecular flexibility index (Phi) is 3.93. The maximum Gasteiger partial charge on any atom is 0.317 e. The molecule has 2 aliphatic rings. The van der Waals surface area contributed by atoms with E-state index in [1.54, 1.807) is 4.68 Å². The van der Waals surface area contributed by atoms with Gasteiger partial charge in [0.2, 0.25) is 0 Å². The molecule has 2 atom stereocenters. The largest absolute Gasteiger partial charge is 0.331 e. The van der Waals surface area contributed by atoms with Crippen molar-refractivity contribution in [1.82, 2.24) is 29.9 Å². The van der Waals surface area contributed by atoms with Crippen LogP contribution in [0.3, 0.4) is 0 Å². The van der Waals surface area contributed by atoms with E-state index in [4.69, 9.17) is 0 Å². The summed E-state index contributed by atoms with van der Waals surface area (Å²) >= 11 is 0. The molecular weight excluding hydrogens is 304 g/mol. The maximum atomic E-state index is 12.4. The van der Waals surface area contributed by atoms with Gasteiger partial charge < -0.3 is 15.1 Å². The number of fused-ring (bicyclic) bond motifs is 1. The normalized spacial score (nSPS) is 23.5. The van der Waals surface area contributed by atoms with Crippen LogP contribution < -0.4 is 5.32 Å². The number of para-hydroxylation sites is 1. The molecule has 7 heteroatoms. The van der Waals surface area contributed by atoms with Gasteiger partial charge in [-0.3, -0.25) is 0 Å². The zero-order valence-electron chi connectivity index (χ0n) is 13.8. The lowest BCUT2D eigenvalue weighted by Gasteiger charge is -2.19. The smallest absolute Gasteiger partial charge is 0.317 e. The molecule has 2 aromatic rings. The molecule has 2 aliphatic heterocycles. The standard InChI is InChI=1S/C17H22N6O/c1-21-8-13-10-22(11-14(13)9-21)17(24)18-7-16-19-12-20-23(16)15-5-3-2-4-6-15/h2-6,12-14H,7-11H2,1H3,(H,18,24)/t13-,14+. The number of rotatable bonds is 3. The molecule has 7 nitrogen and oxygen atoms in total. The lowest BCUT2D eigenvalue weighted by Crippen LogP contribution is -2.40. The number of nitrogens with zero attached hydrogens (tertiary/aromatic N) is 5. The Morgan fingerprint density at radius 2 is 1.88 bits per heavy atom. The SMILES string of the molecule is CN1C[C@@H]2CN(C(=O)NCc3ncnn3-c3ccccc3)C[C@@H]2C1. The first-order chi connectivity index (χ1) is 11.7. The molecule has 24 heavy (non-hydrogen) atoms. The van der Waals surface area contributed by atoms with Gasteiger partial charge in [0.1, 0.15) is 6.33 Å². The van der Waals surface area contributed by atoms with Crippen molar-refractivity contribution >= 4 is 6.03 Å². The van der Waals surface area contributed by atoms with Crippen molar-refractivity contribution in [3.63, 3.8) is 0 Å². The lowest BCUT2D eigenvalue weighted by atomic mass is 10.0. The van der Waals surface area contributed by atoms with Gasteiger partial charge in [0.05, 0.1) is 12.2 Å². The van der Waals surface area contributed by atoms with Gasteiger partial charge in [-0.05, 0) is 31.0 Å². The topological polar surface area (TPSA) is 66.3 Å². The Morgan fingerprint density at radius 1 is 1.17 bits per heavy atom. The third-order valence-corrected chi connectivity index (χ3v) is 4.97. The van der Waals surface area contributed by atoms with Gasteiger partial charge in [-0.25, -0.2) is 14.5 Å². The van der Waals surface area contributed by atoms with E-state index in [9.17, 15) is 4.79 Å². The second-order valence-corrected chi connectivity index (χ2v) is 6.73. The fourth-order valence-corrected chi connectivity index (χ4v) is 3.83. The first kappa shape index (κ1) is 15.1. The van der Waals surface area contributed by atoms with Gasteiger partial charge in [-0.15, -0.1) is 0 Å². The van der Waals surface area contributed by atoms with Crippen LogP contribution >= 0.6 is 0 Å². The summed E-state index contributed by atoms with van der Waals surface area (Å²) in [5.74, 6) is 1.97. The molecule has 0 saturated carbocycles. The summed E-state index contributed by atoms with van der Waals surface area (Å²) in [6.07, 6.45) is 1.52. The van der Waals surface area contributed by atoms with E-state index in [1.165, 1.54) is 6.33 Å². The van der Waals surface area contributed by atoms with Crippen LogP contribution in [0.2, 0.25) is 0 Å². The van der Waals surface area contributed by atoms with Crippen molar-refractivity contribution in [2.75, 3.05) is 33.2 Å². The van der Waals surface area contributed by atoms with Gasteiger partial charge in [-0.2, -0.15) is 5.10 Å². The van der Waals surface area contributed by atoms with E-state index >= 15 is 0 Å². The number of urea groups is 1. The molecule has 0 spiro atoms. The number of carbonyl (C=O) groups excluding carboxylic acids is 1. The number of hydrogen-bond acceptors (Lipinski definition) is 4. The molecule has 0 unspecified atom stereocenters. The van der Waals surface area contributed by atoms with Crippen LogP contribution in [0, 0.1) is 11.8 Å². The second kappa shape index (κ2) is 6.24. The third-order valence-electron chi connectivity index (χ3n) is 4.97. The Bertz CT molecular complexity index is 701. The number of carbonyl (C=O) groups is 1. The highest BCUT2D eigenvalue weighted by Gasteiger charge is 2.40. The molecule has 126 valence electrons. The van der Waals surface area contributed by atoms with Gasteiger partial charge in [-0.1, -0.05) is 18.2 Å². The van der Waals surface area contributed by atoms with Gasteiger partial charge in [0.15, 0.2) is 5.82 Å². The Morgan fingerprint density at radius 3 is 2.58 bits per heavy atom. The Balaban J connectivity index is 1.37. The number of amides is 2. The van der Waals surface area contributed by atoms with Crippen molar-refractivity contribution in [3.8, 4) is 5.69 Å². The number of hydrogen-bond donors (Lipinski definition) is 1. The average molecular weight is 326 g/mol. The molecule has 0 radical (unpaired) electrons. The molecule has 2 saturated heterocycles. The predicted octanol–water partition coefficient (Wildman–Crippen LogP) is 0.970. The Hall–Kier alpha value is -2.41. The van der Waals surface area contributed by atoms with Crippen molar-refractivity contribution in [2.45, 2.75) is 6.54 Å². The highest BCUT2D eigenvalue weighted by molar-refractivity contribution is 5.74. The second-order valence-electron chi connectivity index (χ2n) is 6.73. The molecule has 0 aliphatic carbocycles. The monoisotopic (exact) mass is 326 g/mol. The molecule has 1 aromatic heterocycles. The average Bonchev–Trinajstić information content (AvgIpc) is 3.27. The number of aromatic nitrogens is 3. The summed E-state index contributed by atoms with van der Waals surface area (Å²) < 4.78 is 1.76. The van der Waals surface area contributed by atoms with Gasteiger partial charge in [0.25, 0.3) is 0 Å². The zero-order valence-corrected chi connectivity index (χ0v) is 13.8. The number of nitrogens with one attached hydrogen (secondary N) is 1. The van der Waals surface area contributed by atoms with Crippen LogP contribution in [-0.4, -0.2) is 63.8 Å². The van der Waals surface area contributed by atoms with Crippen LogP contribution in [0.5, 0.6) is 0 Å². The van der Waals surface area contributed by atoms with E-state index in [-0.39, 0.29) is 6.03 Å². The fourth-order valence-electron chi connectivity index (χ4n) is 3.83. The predicted molar refractivity (Wildman–Crippen MR) is 89.6 cm³/mol. The summed E-state index contributed by atoms with van der Waals surface area (Å²) in [5.41, 5.74) is 0.943.